The van der Waals surface area contributed by atoms with E-state index in [1.54, 1.807) is 15.9 Å². The third-order valence-corrected chi connectivity index (χ3v) is 6.68. The van der Waals surface area contributed by atoms with Crippen molar-refractivity contribution in [1.29, 1.82) is 0 Å². The van der Waals surface area contributed by atoms with Crippen LogP contribution in [0.1, 0.15) is 76.3 Å². The van der Waals surface area contributed by atoms with E-state index < -0.39 is 16.6 Å². The molecule has 1 unspecified atom stereocenters. The molecule has 174 valence electrons. The number of hydrogen-bond acceptors (Lipinski definition) is 6. The van der Waals surface area contributed by atoms with Gasteiger partial charge in [-0.25, -0.2) is 9.78 Å². The molecule has 0 aliphatic carbocycles. The Labute approximate surface area is 194 Å². The standard InChI is InChI=1S/C23H32ClN5O3/c1-14-16(24)12-15-17(26-14)23(8-10-29(11-9-23)20(30)32-21(2,3)4)31-18(15)22(5,6)19-25-13-28(7)27-19/h12-13,18H,8-11H2,1-7H3. The van der Waals surface area contributed by atoms with Gasteiger partial charge in [0.2, 0.25) is 0 Å². The summed E-state index contributed by atoms with van der Waals surface area (Å²) >= 11 is 6.49. The van der Waals surface area contributed by atoms with E-state index in [9.17, 15) is 4.79 Å². The summed E-state index contributed by atoms with van der Waals surface area (Å²) in [5.41, 5.74) is 1.06. The Bertz CT molecular complexity index is 1030. The van der Waals surface area contributed by atoms with Gasteiger partial charge in [-0.05, 0) is 60.5 Å². The fraction of sp³-hybridized carbons (Fsp3) is 0.652. The maximum atomic E-state index is 12.6. The van der Waals surface area contributed by atoms with E-state index in [0.29, 0.717) is 36.8 Å². The third-order valence-electron chi connectivity index (χ3n) is 6.29. The number of hydrogen-bond donors (Lipinski definition) is 0. The van der Waals surface area contributed by atoms with Gasteiger partial charge < -0.3 is 14.4 Å². The quantitative estimate of drug-likeness (QED) is 0.657. The number of nitrogens with zero attached hydrogens (tertiary/aromatic N) is 5. The molecule has 0 N–H and O–H groups in total. The third kappa shape index (κ3) is 3.99. The van der Waals surface area contributed by atoms with Crippen LogP contribution in [0.4, 0.5) is 4.79 Å². The molecule has 1 amide bonds. The molecule has 0 radical (unpaired) electrons. The van der Waals surface area contributed by atoms with E-state index >= 15 is 0 Å². The van der Waals surface area contributed by atoms with Crippen LogP contribution in [0, 0.1) is 6.92 Å². The van der Waals surface area contributed by atoms with Crippen molar-refractivity contribution in [3.05, 3.63) is 40.2 Å². The van der Waals surface area contributed by atoms with Crippen LogP contribution < -0.4 is 0 Å². The second-order valence-electron chi connectivity index (χ2n) is 10.4. The number of aromatic nitrogens is 4. The van der Waals surface area contributed by atoms with E-state index in [4.69, 9.17) is 26.1 Å². The molecule has 1 spiro atoms. The lowest BCUT2D eigenvalue weighted by Crippen LogP contribution is -2.47. The van der Waals surface area contributed by atoms with Gasteiger partial charge in [0.05, 0.1) is 27.9 Å². The highest BCUT2D eigenvalue weighted by Crippen LogP contribution is 2.54. The highest BCUT2D eigenvalue weighted by Gasteiger charge is 2.54. The number of halogens is 1. The molecule has 4 rings (SSSR count). The smallest absolute Gasteiger partial charge is 0.410 e. The number of ether oxygens (including phenoxy) is 2. The molecule has 0 bridgehead atoms. The first-order valence-corrected chi connectivity index (χ1v) is 11.4. The number of likely N-dealkylation sites (tertiary alicyclic amines) is 1. The first-order chi connectivity index (χ1) is 14.8. The van der Waals surface area contributed by atoms with Crippen LogP contribution in [0.15, 0.2) is 12.4 Å². The summed E-state index contributed by atoms with van der Waals surface area (Å²) in [5, 5.41) is 5.16. The lowest BCUT2D eigenvalue weighted by Gasteiger charge is -2.40. The van der Waals surface area contributed by atoms with Crippen LogP contribution in [-0.2, 0) is 27.5 Å². The lowest BCUT2D eigenvalue weighted by molar-refractivity contribution is -0.131. The minimum Gasteiger partial charge on any atom is -0.444 e. The number of aryl methyl sites for hydroxylation is 2. The molecule has 9 heteroatoms. The molecule has 2 aromatic rings. The van der Waals surface area contributed by atoms with Crippen molar-refractivity contribution in [1.82, 2.24) is 24.6 Å². The van der Waals surface area contributed by atoms with E-state index in [2.05, 4.69) is 23.9 Å². The van der Waals surface area contributed by atoms with Crippen LogP contribution >= 0.6 is 11.6 Å². The van der Waals surface area contributed by atoms with E-state index in [0.717, 1.165) is 17.0 Å². The number of carbonyl (C=O) groups excluding carboxylic acids is 1. The van der Waals surface area contributed by atoms with Gasteiger partial charge in [-0.2, -0.15) is 5.10 Å². The average molecular weight is 462 g/mol. The summed E-state index contributed by atoms with van der Waals surface area (Å²) in [6, 6.07) is 1.98. The first kappa shape index (κ1) is 23.0. The first-order valence-electron chi connectivity index (χ1n) is 11.0. The van der Waals surface area contributed by atoms with Crippen molar-refractivity contribution in [3.8, 4) is 0 Å². The molecule has 2 aromatic heterocycles. The second kappa shape index (κ2) is 7.70. The zero-order valence-corrected chi connectivity index (χ0v) is 20.7. The molecular weight excluding hydrogens is 430 g/mol. The maximum Gasteiger partial charge on any atom is 0.410 e. The Morgan fingerprint density at radius 3 is 2.47 bits per heavy atom. The van der Waals surface area contributed by atoms with Gasteiger partial charge in [-0.15, -0.1) is 0 Å². The van der Waals surface area contributed by atoms with Crippen molar-refractivity contribution < 1.29 is 14.3 Å². The van der Waals surface area contributed by atoms with Gasteiger partial charge >= 0.3 is 6.09 Å². The molecular formula is C23H32ClN5O3. The van der Waals surface area contributed by atoms with Crippen molar-refractivity contribution >= 4 is 17.7 Å². The summed E-state index contributed by atoms with van der Waals surface area (Å²) in [5.74, 6) is 0.705. The number of pyridine rings is 1. The molecule has 1 saturated heterocycles. The Morgan fingerprint density at radius 1 is 1.25 bits per heavy atom. The van der Waals surface area contributed by atoms with Crippen molar-refractivity contribution in [3.63, 3.8) is 0 Å². The summed E-state index contributed by atoms with van der Waals surface area (Å²) in [4.78, 5) is 23.7. The fourth-order valence-corrected chi connectivity index (χ4v) is 4.68. The van der Waals surface area contributed by atoms with Crippen LogP contribution in [0.3, 0.4) is 0 Å². The van der Waals surface area contributed by atoms with Crippen molar-refractivity contribution in [2.24, 2.45) is 7.05 Å². The van der Waals surface area contributed by atoms with Crippen LogP contribution in [0.2, 0.25) is 5.02 Å². The van der Waals surface area contributed by atoms with Crippen molar-refractivity contribution in [2.45, 2.75) is 77.1 Å². The van der Waals surface area contributed by atoms with Gasteiger partial charge in [0.1, 0.15) is 17.5 Å². The molecule has 4 heterocycles. The summed E-state index contributed by atoms with van der Waals surface area (Å²) < 4.78 is 14.1. The number of carbonyl (C=O) groups is 1. The predicted molar refractivity (Wildman–Crippen MR) is 121 cm³/mol. The van der Waals surface area contributed by atoms with Gasteiger partial charge in [0.25, 0.3) is 0 Å². The largest absolute Gasteiger partial charge is 0.444 e. The SMILES string of the molecule is Cc1nc2c(cc1Cl)C(C(C)(C)c1ncn(C)n1)OC21CCN(C(=O)OC(C)(C)C)CC1. The number of piperidine rings is 1. The normalized spacial score (nSPS) is 20.5. The molecule has 0 aromatic carbocycles. The van der Waals surface area contributed by atoms with Crippen LogP contribution in [0.5, 0.6) is 0 Å². The molecule has 0 saturated carbocycles. The van der Waals surface area contributed by atoms with Crippen LogP contribution in [-0.4, -0.2) is 49.4 Å². The highest BCUT2D eigenvalue weighted by atomic mass is 35.5. The van der Waals surface area contributed by atoms with Crippen LogP contribution in [0.25, 0.3) is 0 Å². The second-order valence-corrected chi connectivity index (χ2v) is 10.8. The maximum absolute atomic E-state index is 12.6. The van der Waals surface area contributed by atoms with Gasteiger partial charge in [-0.3, -0.25) is 9.67 Å². The topological polar surface area (TPSA) is 82.4 Å². The molecule has 2 aliphatic heterocycles. The Morgan fingerprint density at radius 2 is 1.91 bits per heavy atom. The zero-order chi connectivity index (χ0) is 23.5. The zero-order valence-electron chi connectivity index (χ0n) is 19.9. The Hall–Kier alpha value is -2.19. The summed E-state index contributed by atoms with van der Waals surface area (Å²) in [7, 11) is 1.85. The Balaban J connectivity index is 1.66. The monoisotopic (exact) mass is 461 g/mol. The fourth-order valence-electron chi connectivity index (χ4n) is 4.52. The van der Waals surface area contributed by atoms with E-state index in [1.165, 1.54) is 0 Å². The number of fused-ring (bicyclic) bond motifs is 2. The predicted octanol–water partition coefficient (Wildman–Crippen LogP) is 4.45. The molecule has 1 atom stereocenters. The Kier molecular flexibility index (Phi) is 5.53. The highest BCUT2D eigenvalue weighted by molar-refractivity contribution is 6.31. The van der Waals surface area contributed by atoms with Crippen molar-refractivity contribution in [2.75, 3.05) is 13.1 Å². The minimum atomic E-state index is -0.583. The number of rotatable bonds is 2. The molecule has 2 aliphatic rings. The van der Waals surface area contributed by atoms with Gasteiger partial charge in [0, 0.05) is 25.7 Å². The molecule has 32 heavy (non-hydrogen) atoms. The average Bonchev–Trinajstić information content (AvgIpc) is 3.25. The van der Waals surface area contributed by atoms with Gasteiger partial charge in [0.15, 0.2) is 5.82 Å². The molecule has 8 nitrogen and oxygen atoms in total. The number of amides is 1. The van der Waals surface area contributed by atoms with Gasteiger partial charge in [-0.1, -0.05) is 11.6 Å². The van der Waals surface area contributed by atoms with E-state index in [-0.39, 0.29) is 12.2 Å². The van der Waals surface area contributed by atoms with E-state index in [1.807, 2.05) is 40.8 Å². The lowest BCUT2D eigenvalue weighted by atomic mass is 9.81. The molecule has 1 fully saturated rings. The summed E-state index contributed by atoms with van der Waals surface area (Å²) in [6.07, 6.45) is 2.37. The minimum absolute atomic E-state index is 0.291. The summed E-state index contributed by atoms with van der Waals surface area (Å²) in [6.45, 7) is 12.8.